The Morgan fingerprint density at radius 1 is 1.34 bits per heavy atom. The van der Waals surface area contributed by atoms with E-state index in [2.05, 4.69) is 21.4 Å². The maximum absolute atomic E-state index is 12.7. The third-order valence-electron chi connectivity index (χ3n) is 4.32. The molecule has 29 heavy (non-hydrogen) atoms. The molecule has 2 heterocycles. The van der Waals surface area contributed by atoms with Crippen LogP contribution in [0.1, 0.15) is 52.8 Å². The van der Waals surface area contributed by atoms with E-state index in [0.717, 1.165) is 12.8 Å². The van der Waals surface area contributed by atoms with Crippen LogP contribution >= 0.6 is 0 Å². The van der Waals surface area contributed by atoms with Gasteiger partial charge in [0.25, 0.3) is 5.56 Å². The predicted octanol–water partition coefficient (Wildman–Crippen LogP) is 1.78. The van der Waals surface area contributed by atoms with Crippen LogP contribution in [-0.4, -0.2) is 30.8 Å². The zero-order chi connectivity index (χ0) is 21.8. The summed E-state index contributed by atoms with van der Waals surface area (Å²) in [6, 6.07) is 2.17. The van der Waals surface area contributed by atoms with Crippen LogP contribution in [-0.2, 0) is 24.9 Å². The summed E-state index contributed by atoms with van der Waals surface area (Å²) in [6.07, 6.45) is 1.48. The molecule has 0 saturated heterocycles. The smallest absolute Gasteiger partial charge is 0.408 e. The topological polar surface area (TPSA) is 135 Å². The molecule has 10 heteroatoms. The van der Waals surface area contributed by atoms with Crippen molar-refractivity contribution >= 4 is 17.3 Å². The lowest BCUT2D eigenvalue weighted by molar-refractivity contribution is 0.0522. The van der Waals surface area contributed by atoms with E-state index in [9.17, 15) is 14.4 Å². The van der Waals surface area contributed by atoms with Crippen LogP contribution in [0.2, 0.25) is 0 Å². The summed E-state index contributed by atoms with van der Waals surface area (Å²) in [5.41, 5.74) is -1.09. The summed E-state index contributed by atoms with van der Waals surface area (Å²) in [6.45, 7) is 7.41. The van der Waals surface area contributed by atoms with Gasteiger partial charge in [0.2, 0.25) is 0 Å². The van der Waals surface area contributed by atoms with Crippen molar-refractivity contribution in [1.82, 2.24) is 24.4 Å². The molecule has 1 atom stereocenters. The summed E-state index contributed by atoms with van der Waals surface area (Å²) in [5.74, 6) is 0.295. The van der Waals surface area contributed by atoms with Crippen molar-refractivity contribution in [2.45, 2.75) is 65.6 Å². The average molecular weight is 404 g/mol. The summed E-state index contributed by atoms with van der Waals surface area (Å²) in [7, 11) is 1.55. The van der Waals surface area contributed by atoms with E-state index >= 15 is 0 Å². The van der Waals surface area contributed by atoms with Crippen molar-refractivity contribution in [2.75, 3.05) is 0 Å². The third-order valence-corrected chi connectivity index (χ3v) is 4.32. The van der Waals surface area contributed by atoms with Crippen LogP contribution in [0.15, 0.2) is 9.59 Å². The van der Waals surface area contributed by atoms with Gasteiger partial charge in [0, 0.05) is 19.5 Å². The van der Waals surface area contributed by atoms with Gasteiger partial charge in [0.05, 0.1) is 12.6 Å². The van der Waals surface area contributed by atoms with Crippen LogP contribution in [0, 0.1) is 17.2 Å². The van der Waals surface area contributed by atoms with Gasteiger partial charge in [0.15, 0.2) is 5.65 Å². The number of hydrogen-bond acceptors (Lipinski definition) is 6. The highest BCUT2D eigenvalue weighted by Crippen LogP contribution is 2.09. The maximum Gasteiger partial charge on any atom is 0.408 e. The molecule has 0 spiro atoms. The molecule has 2 rings (SSSR count). The minimum absolute atomic E-state index is 0.0310. The molecular formula is C19H28N6O4. The number of ether oxygens (including phenoxy) is 1. The van der Waals surface area contributed by atoms with E-state index in [-0.39, 0.29) is 30.2 Å². The van der Waals surface area contributed by atoms with Gasteiger partial charge in [-0.2, -0.15) is 5.26 Å². The molecular weight excluding hydrogens is 376 g/mol. The Morgan fingerprint density at radius 3 is 2.66 bits per heavy atom. The second-order valence-electron chi connectivity index (χ2n) is 8.06. The Balaban J connectivity index is 2.17. The summed E-state index contributed by atoms with van der Waals surface area (Å²) in [4.78, 5) is 44.2. The van der Waals surface area contributed by atoms with Gasteiger partial charge in [-0.1, -0.05) is 6.42 Å². The van der Waals surface area contributed by atoms with Crippen LogP contribution < -0.4 is 16.6 Å². The van der Waals surface area contributed by atoms with E-state index in [4.69, 9.17) is 10.00 Å². The molecule has 2 N–H and O–H groups in total. The van der Waals surface area contributed by atoms with Gasteiger partial charge in [-0.15, -0.1) is 0 Å². The number of aryl methyl sites for hydroxylation is 1. The van der Waals surface area contributed by atoms with Gasteiger partial charge in [-0.3, -0.25) is 13.9 Å². The molecule has 2 aromatic heterocycles. The van der Waals surface area contributed by atoms with Gasteiger partial charge >= 0.3 is 11.8 Å². The van der Waals surface area contributed by atoms with Crippen molar-refractivity contribution in [3.63, 3.8) is 0 Å². The average Bonchev–Trinajstić information content (AvgIpc) is 3.07. The summed E-state index contributed by atoms with van der Waals surface area (Å²) >= 11 is 0. The normalized spacial score (nSPS) is 12.6. The Kier molecular flexibility index (Phi) is 6.84. The number of carbonyl (C=O) groups excluding carboxylic acids is 1. The first-order valence-corrected chi connectivity index (χ1v) is 9.58. The Labute approximate surface area is 168 Å². The molecule has 2 aromatic rings. The number of nitrogens with zero attached hydrogens (tertiary/aromatic N) is 4. The fourth-order valence-electron chi connectivity index (χ4n) is 2.83. The number of rotatable bonds is 7. The van der Waals surface area contributed by atoms with Crippen molar-refractivity contribution < 1.29 is 9.53 Å². The summed E-state index contributed by atoms with van der Waals surface area (Å²) < 4.78 is 7.64. The molecule has 0 aromatic carbocycles. The number of alkyl carbamates (subject to hydrolysis) is 1. The van der Waals surface area contributed by atoms with Crippen molar-refractivity contribution in [3.05, 3.63) is 26.7 Å². The molecule has 1 amide bonds. The second kappa shape index (κ2) is 8.94. The SMILES string of the molecule is CC(C#N)CCCCn1c(=O)c2[nH]c(CNC(=O)OC(C)(C)C)nc2n(C)c1=O. The largest absolute Gasteiger partial charge is 0.444 e. The molecule has 0 radical (unpaired) electrons. The predicted molar refractivity (Wildman–Crippen MR) is 107 cm³/mol. The molecule has 0 aliphatic heterocycles. The molecule has 0 aliphatic carbocycles. The monoisotopic (exact) mass is 404 g/mol. The summed E-state index contributed by atoms with van der Waals surface area (Å²) in [5, 5.41) is 11.4. The Hall–Kier alpha value is -3.09. The molecule has 158 valence electrons. The number of aromatic nitrogens is 4. The van der Waals surface area contributed by atoms with E-state index in [1.165, 1.54) is 9.13 Å². The first-order chi connectivity index (χ1) is 13.5. The van der Waals surface area contributed by atoms with Crippen LogP contribution in [0.5, 0.6) is 0 Å². The Morgan fingerprint density at radius 2 is 2.03 bits per heavy atom. The first-order valence-electron chi connectivity index (χ1n) is 9.58. The number of hydrogen-bond donors (Lipinski definition) is 2. The first kappa shape index (κ1) is 22.2. The maximum atomic E-state index is 12.7. The van der Waals surface area contributed by atoms with E-state index in [1.807, 2.05) is 6.92 Å². The van der Waals surface area contributed by atoms with E-state index in [1.54, 1.807) is 27.8 Å². The number of amides is 1. The lowest BCUT2D eigenvalue weighted by Crippen LogP contribution is -2.39. The zero-order valence-corrected chi connectivity index (χ0v) is 17.5. The van der Waals surface area contributed by atoms with Crippen molar-refractivity contribution in [3.8, 4) is 6.07 Å². The zero-order valence-electron chi connectivity index (χ0n) is 17.5. The minimum atomic E-state index is -0.624. The molecule has 1 unspecified atom stereocenters. The Bertz CT molecular complexity index is 1030. The quantitative estimate of drug-likeness (QED) is 0.675. The van der Waals surface area contributed by atoms with Crippen LogP contribution in [0.3, 0.4) is 0 Å². The fourth-order valence-corrected chi connectivity index (χ4v) is 2.83. The minimum Gasteiger partial charge on any atom is -0.444 e. The number of H-pyrrole nitrogens is 1. The number of nitriles is 1. The lowest BCUT2D eigenvalue weighted by atomic mass is 10.1. The van der Waals surface area contributed by atoms with Crippen LogP contribution in [0.4, 0.5) is 4.79 Å². The number of unbranched alkanes of at least 4 members (excludes halogenated alkanes) is 1. The highest BCUT2D eigenvalue weighted by molar-refractivity contribution is 5.70. The fraction of sp³-hybridized carbons (Fsp3) is 0.632. The van der Waals surface area contributed by atoms with Gasteiger partial charge in [0.1, 0.15) is 16.9 Å². The molecule has 0 bridgehead atoms. The van der Waals surface area contributed by atoms with Crippen LogP contribution in [0.25, 0.3) is 11.2 Å². The highest BCUT2D eigenvalue weighted by Gasteiger charge is 2.18. The van der Waals surface area contributed by atoms with Gasteiger partial charge < -0.3 is 15.0 Å². The van der Waals surface area contributed by atoms with Gasteiger partial charge in [-0.25, -0.2) is 14.6 Å². The van der Waals surface area contributed by atoms with E-state index in [0.29, 0.717) is 12.2 Å². The number of carbonyl (C=O) groups is 1. The third kappa shape index (κ3) is 5.70. The second-order valence-corrected chi connectivity index (χ2v) is 8.06. The molecule has 10 nitrogen and oxygen atoms in total. The number of fused-ring (bicyclic) bond motifs is 1. The number of aromatic amines is 1. The number of imidazole rings is 1. The highest BCUT2D eigenvalue weighted by atomic mass is 16.6. The van der Waals surface area contributed by atoms with Crippen molar-refractivity contribution in [1.29, 1.82) is 5.26 Å². The molecule has 0 fully saturated rings. The standard InChI is InChI=1S/C19H28N6O4/c1-12(10-20)8-6-7-9-25-16(26)14-15(24(5)18(25)28)23-13(22-14)11-21-17(27)29-19(2,3)4/h12H,6-9,11H2,1-5H3,(H,21,27)(H,22,23). The number of nitrogens with one attached hydrogen (secondary N) is 2. The van der Waals surface area contributed by atoms with E-state index < -0.39 is 22.9 Å². The molecule has 0 saturated carbocycles. The van der Waals surface area contributed by atoms with Gasteiger partial charge in [-0.05, 0) is 40.5 Å². The lowest BCUT2D eigenvalue weighted by Gasteiger charge is -2.19. The van der Waals surface area contributed by atoms with Crippen molar-refractivity contribution in [2.24, 2.45) is 13.0 Å². The molecule has 0 aliphatic rings.